The average Bonchev–Trinajstić information content (AvgIpc) is 2.24. The number of ether oxygens (including phenoxy) is 1. The van der Waals surface area contributed by atoms with E-state index in [0.717, 1.165) is 13.2 Å². The molecule has 16 heavy (non-hydrogen) atoms. The first-order valence-corrected chi connectivity index (χ1v) is 4.65. The van der Waals surface area contributed by atoms with Crippen molar-refractivity contribution in [2.45, 2.75) is 12.5 Å². The van der Waals surface area contributed by atoms with Crippen LogP contribution in [0, 0.1) is 11.6 Å². The first-order valence-electron chi connectivity index (χ1n) is 4.65. The lowest BCUT2D eigenvalue weighted by molar-refractivity contribution is 0.164. The maximum atomic E-state index is 13.4. The normalized spacial score (nSPS) is 12.6. The zero-order valence-electron chi connectivity index (χ0n) is 8.70. The van der Waals surface area contributed by atoms with Crippen LogP contribution in [0.25, 0.3) is 0 Å². The minimum Gasteiger partial charge on any atom is -0.504 e. The molecule has 0 saturated carbocycles. The van der Waals surface area contributed by atoms with E-state index in [-0.39, 0.29) is 18.5 Å². The van der Waals surface area contributed by atoms with Gasteiger partial charge in [-0.2, -0.15) is 4.39 Å². The summed E-state index contributed by atoms with van der Waals surface area (Å²) in [4.78, 5) is 0. The Hall–Kier alpha value is -1.40. The molecule has 0 saturated heterocycles. The Morgan fingerprint density at radius 1 is 1.50 bits per heavy atom. The van der Waals surface area contributed by atoms with Gasteiger partial charge in [-0.25, -0.2) is 4.39 Å². The van der Waals surface area contributed by atoms with Gasteiger partial charge in [-0.1, -0.05) is 0 Å². The summed E-state index contributed by atoms with van der Waals surface area (Å²) in [5.41, 5.74) is 4.96. The molecule has 1 rings (SSSR count). The molecule has 1 atom stereocenters. The van der Waals surface area contributed by atoms with Crippen LogP contribution in [0.5, 0.6) is 11.5 Å². The van der Waals surface area contributed by atoms with Gasteiger partial charge in [-0.05, 0) is 19.0 Å². The molecule has 0 aromatic heterocycles. The Labute approximate surface area is 91.3 Å². The number of aliphatic hydroxyl groups excluding tert-OH is 1. The fourth-order valence-electron chi connectivity index (χ4n) is 1.36. The second-order valence-corrected chi connectivity index (χ2v) is 3.24. The summed E-state index contributed by atoms with van der Waals surface area (Å²) in [6, 6.07) is 0.831. The number of phenolic OH excluding ortho intramolecular Hbond substituents is 1. The van der Waals surface area contributed by atoms with Gasteiger partial charge in [-0.15, -0.1) is 0 Å². The topological polar surface area (TPSA) is 75.7 Å². The van der Waals surface area contributed by atoms with Gasteiger partial charge >= 0.3 is 0 Å². The number of methoxy groups -OCH3 is 1. The van der Waals surface area contributed by atoms with Crippen molar-refractivity contribution >= 4 is 0 Å². The van der Waals surface area contributed by atoms with E-state index in [2.05, 4.69) is 4.74 Å². The molecule has 4 N–H and O–H groups in total. The van der Waals surface area contributed by atoms with E-state index >= 15 is 0 Å². The second kappa shape index (κ2) is 5.09. The largest absolute Gasteiger partial charge is 0.504 e. The number of nitrogens with two attached hydrogens (primary N) is 1. The van der Waals surface area contributed by atoms with Crippen molar-refractivity contribution in [3.8, 4) is 11.5 Å². The maximum Gasteiger partial charge on any atom is 0.210 e. The first kappa shape index (κ1) is 12.7. The van der Waals surface area contributed by atoms with E-state index in [9.17, 15) is 19.0 Å². The number of halogens is 2. The number of hydrogen-bond acceptors (Lipinski definition) is 4. The summed E-state index contributed by atoms with van der Waals surface area (Å²) in [5.74, 6) is -3.71. The van der Waals surface area contributed by atoms with E-state index in [1.165, 1.54) is 0 Å². The highest BCUT2D eigenvalue weighted by Crippen LogP contribution is 2.36. The highest BCUT2D eigenvalue weighted by molar-refractivity contribution is 5.43. The lowest BCUT2D eigenvalue weighted by Gasteiger charge is -2.14. The highest BCUT2D eigenvalue weighted by Gasteiger charge is 2.22. The number of benzene rings is 1. The molecular weight excluding hydrogens is 220 g/mol. The van der Waals surface area contributed by atoms with Crippen molar-refractivity contribution in [2.75, 3.05) is 13.7 Å². The fraction of sp³-hybridized carbons (Fsp3) is 0.400. The van der Waals surface area contributed by atoms with Crippen LogP contribution in [0.15, 0.2) is 6.07 Å². The molecule has 0 heterocycles. The predicted octanol–water partition coefficient (Wildman–Crippen LogP) is 1.06. The first-order chi connectivity index (χ1) is 7.52. The summed E-state index contributed by atoms with van der Waals surface area (Å²) in [6.45, 7) is 0.135. The zero-order chi connectivity index (χ0) is 12.3. The minimum atomic E-state index is -1.23. The summed E-state index contributed by atoms with van der Waals surface area (Å²) >= 11 is 0. The van der Waals surface area contributed by atoms with Gasteiger partial charge in [0, 0.05) is 5.56 Å². The summed E-state index contributed by atoms with van der Waals surface area (Å²) in [5, 5.41) is 18.9. The molecule has 6 heteroatoms. The molecule has 0 amide bonds. The summed E-state index contributed by atoms with van der Waals surface area (Å²) < 4.78 is 31.1. The van der Waals surface area contributed by atoms with Gasteiger partial charge in [0.15, 0.2) is 17.3 Å². The van der Waals surface area contributed by atoms with E-state index in [1.54, 1.807) is 0 Å². The van der Waals surface area contributed by atoms with Crippen LogP contribution in [0.2, 0.25) is 0 Å². The van der Waals surface area contributed by atoms with Crippen LogP contribution < -0.4 is 10.5 Å². The van der Waals surface area contributed by atoms with Crippen molar-refractivity contribution in [1.82, 2.24) is 0 Å². The van der Waals surface area contributed by atoms with Crippen molar-refractivity contribution in [3.63, 3.8) is 0 Å². The molecule has 0 spiro atoms. The Morgan fingerprint density at radius 3 is 2.62 bits per heavy atom. The van der Waals surface area contributed by atoms with Crippen molar-refractivity contribution in [3.05, 3.63) is 23.3 Å². The van der Waals surface area contributed by atoms with Crippen LogP contribution in [0.3, 0.4) is 0 Å². The van der Waals surface area contributed by atoms with Crippen molar-refractivity contribution < 1.29 is 23.7 Å². The predicted molar refractivity (Wildman–Crippen MR) is 53.2 cm³/mol. The quantitative estimate of drug-likeness (QED) is 0.726. The highest BCUT2D eigenvalue weighted by atomic mass is 19.1. The van der Waals surface area contributed by atoms with E-state index in [1.807, 2.05) is 0 Å². The number of rotatable bonds is 4. The Kier molecular flexibility index (Phi) is 4.03. The van der Waals surface area contributed by atoms with Gasteiger partial charge in [0.2, 0.25) is 5.82 Å². The maximum absolute atomic E-state index is 13.4. The van der Waals surface area contributed by atoms with Gasteiger partial charge in [-0.3, -0.25) is 0 Å². The molecule has 90 valence electrons. The second-order valence-electron chi connectivity index (χ2n) is 3.24. The monoisotopic (exact) mass is 233 g/mol. The molecule has 0 aliphatic rings. The van der Waals surface area contributed by atoms with Crippen molar-refractivity contribution in [1.29, 1.82) is 0 Å². The SMILES string of the molecule is COc1c(F)cc(C(O)CCN)c(O)c1F. The molecule has 1 aromatic rings. The van der Waals surface area contributed by atoms with Gasteiger partial charge in [0.05, 0.1) is 13.2 Å². The van der Waals surface area contributed by atoms with E-state index in [4.69, 9.17) is 5.73 Å². The van der Waals surface area contributed by atoms with Crippen LogP contribution >= 0.6 is 0 Å². The Balaban J connectivity index is 3.22. The molecule has 0 bridgehead atoms. The van der Waals surface area contributed by atoms with E-state index in [0.29, 0.717) is 0 Å². The van der Waals surface area contributed by atoms with Gasteiger partial charge in [0.1, 0.15) is 0 Å². The van der Waals surface area contributed by atoms with Crippen LogP contribution in [0.1, 0.15) is 18.1 Å². The fourth-order valence-corrected chi connectivity index (χ4v) is 1.36. The standard InChI is InChI=1S/C10H13F2NO3/c1-16-10-6(11)4-5(7(14)2-3-13)9(15)8(10)12/h4,7,14-15H,2-3,13H2,1H3. The van der Waals surface area contributed by atoms with Crippen LogP contribution in [0.4, 0.5) is 8.78 Å². The van der Waals surface area contributed by atoms with Gasteiger partial charge in [0.25, 0.3) is 0 Å². The average molecular weight is 233 g/mol. The third kappa shape index (κ3) is 2.23. The Morgan fingerprint density at radius 2 is 2.12 bits per heavy atom. The molecular formula is C10H13F2NO3. The lowest BCUT2D eigenvalue weighted by Crippen LogP contribution is -2.08. The van der Waals surface area contributed by atoms with Crippen LogP contribution in [-0.2, 0) is 0 Å². The third-order valence-corrected chi connectivity index (χ3v) is 2.18. The van der Waals surface area contributed by atoms with Gasteiger partial charge < -0.3 is 20.7 Å². The summed E-state index contributed by atoms with van der Waals surface area (Å²) in [7, 11) is 1.08. The molecule has 0 radical (unpaired) electrons. The van der Waals surface area contributed by atoms with Crippen LogP contribution in [-0.4, -0.2) is 23.9 Å². The van der Waals surface area contributed by atoms with Crippen molar-refractivity contribution in [2.24, 2.45) is 5.73 Å². The zero-order valence-corrected chi connectivity index (χ0v) is 8.70. The Bertz CT molecular complexity index is 385. The number of hydrogen-bond donors (Lipinski definition) is 3. The molecule has 1 unspecified atom stereocenters. The number of aromatic hydroxyl groups is 1. The number of phenols is 1. The minimum absolute atomic E-state index is 0.0960. The molecule has 0 aliphatic heterocycles. The van der Waals surface area contributed by atoms with E-state index < -0.39 is 29.2 Å². The summed E-state index contributed by atoms with van der Waals surface area (Å²) in [6.07, 6.45) is -1.11. The lowest BCUT2D eigenvalue weighted by atomic mass is 10.0. The molecule has 1 aromatic carbocycles. The number of aliphatic hydroxyl groups is 1. The molecule has 0 fully saturated rings. The molecule has 0 aliphatic carbocycles. The molecule has 4 nitrogen and oxygen atoms in total. The third-order valence-electron chi connectivity index (χ3n) is 2.18. The smallest absolute Gasteiger partial charge is 0.210 e.